The summed E-state index contributed by atoms with van der Waals surface area (Å²) in [6.45, 7) is 13.1. The van der Waals surface area contributed by atoms with Crippen molar-refractivity contribution in [2.75, 3.05) is 28.2 Å². The Balaban J connectivity index is 3.34. The first-order chi connectivity index (χ1) is 16.0. The molecule has 1 aromatic carbocycles. The molecule has 0 unspecified atom stereocenters. The first-order valence-corrected chi connectivity index (χ1v) is 12.1. The molecular weight excluding hydrogens is 515 g/mol. The van der Waals surface area contributed by atoms with Crippen LogP contribution in [0.2, 0.25) is 0 Å². The number of allylic oxidation sites excluding steroid dienone is 5. The molecule has 0 amide bonds. The molecule has 0 bridgehead atoms. The van der Waals surface area contributed by atoms with E-state index >= 15 is 0 Å². The minimum absolute atomic E-state index is 0.0203. The number of sulfone groups is 1. The molecule has 0 heterocycles. The van der Waals surface area contributed by atoms with E-state index in [1.807, 2.05) is 0 Å². The normalized spacial score (nSPS) is 14.5. The van der Waals surface area contributed by atoms with Crippen LogP contribution in [0.5, 0.6) is 0 Å². The molecule has 1 rings (SSSR count). The SMILES string of the molecule is [B]C(=C)C(=NC)C(=NC)/C(=C\C)N=NC(=C)C(=NC)C(=NC)C(=C)S(=O)(=O)c1ccc(Br)cc1. The predicted molar refractivity (Wildman–Crippen MR) is 147 cm³/mol. The number of hydrogen-bond acceptors (Lipinski definition) is 8. The van der Waals surface area contributed by atoms with E-state index in [0.29, 0.717) is 17.1 Å². The molecule has 0 aliphatic carbocycles. The molecule has 176 valence electrons. The molecule has 0 N–H and O–H groups in total. The summed E-state index contributed by atoms with van der Waals surface area (Å²) in [7, 11) is 7.89. The maximum absolute atomic E-state index is 13.1. The molecule has 0 aromatic heterocycles. The minimum atomic E-state index is -3.94. The van der Waals surface area contributed by atoms with Crippen molar-refractivity contribution in [3.05, 3.63) is 76.3 Å². The van der Waals surface area contributed by atoms with E-state index in [4.69, 9.17) is 7.85 Å². The second kappa shape index (κ2) is 13.0. The van der Waals surface area contributed by atoms with Gasteiger partial charge in [0.2, 0.25) is 9.84 Å². The Kier molecular flexibility index (Phi) is 11.1. The largest absolute Gasteiger partial charge is 0.287 e. The standard InChI is InChI=1S/C23H26BBrN6O2S/c1-9-19(23(29-8)20(26-5)14(2)24)31-30-15(3)21(27-6)22(28-7)16(4)34(32,33)18-12-10-17(25)11-13-18/h9-13H,2-4H2,1,5-8H3/b19-9+,26-20?,27-21?,28-22?,29-23?,31-30?. The summed E-state index contributed by atoms with van der Waals surface area (Å²) in [6, 6.07) is 6.19. The first-order valence-electron chi connectivity index (χ1n) is 9.80. The summed E-state index contributed by atoms with van der Waals surface area (Å²) in [5, 5.41) is 8.33. The van der Waals surface area contributed by atoms with Crippen LogP contribution >= 0.6 is 15.9 Å². The van der Waals surface area contributed by atoms with Gasteiger partial charge in [-0.15, -0.1) is 16.8 Å². The summed E-state index contributed by atoms with van der Waals surface area (Å²) in [5.74, 6) is 0. The van der Waals surface area contributed by atoms with E-state index < -0.39 is 9.84 Å². The van der Waals surface area contributed by atoms with Crippen LogP contribution in [0.4, 0.5) is 0 Å². The number of hydrogen-bond donors (Lipinski definition) is 0. The Hall–Kier alpha value is -3.05. The van der Waals surface area contributed by atoms with Gasteiger partial charge in [-0.1, -0.05) is 40.6 Å². The zero-order valence-electron chi connectivity index (χ0n) is 19.9. The van der Waals surface area contributed by atoms with Crippen LogP contribution in [0, 0.1) is 0 Å². The summed E-state index contributed by atoms with van der Waals surface area (Å²) < 4.78 is 27.0. The van der Waals surface area contributed by atoms with Crippen LogP contribution in [0.15, 0.2) is 111 Å². The van der Waals surface area contributed by atoms with Gasteiger partial charge in [-0.3, -0.25) is 20.0 Å². The minimum Gasteiger partial charge on any atom is -0.287 e. The van der Waals surface area contributed by atoms with Crippen molar-refractivity contribution < 1.29 is 8.42 Å². The average Bonchev–Trinajstić information content (AvgIpc) is 2.81. The van der Waals surface area contributed by atoms with Gasteiger partial charge in [-0.25, -0.2) is 8.42 Å². The predicted octanol–water partition coefficient (Wildman–Crippen LogP) is 4.57. The highest BCUT2D eigenvalue weighted by Crippen LogP contribution is 2.23. The van der Waals surface area contributed by atoms with Crippen LogP contribution in [-0.4, -0.2) is 67.3 Å². The number of azo groups is 1. The van der Waals surface area contributed by atoms with E-state index in [-0.39, 0.29) is 32.4 Å². The fourth-order valence-electron chi connectivity index (χ4n) is 2.76. The lowest BCUT2D eigenvalue weighted by Gasteiger charge is -2.13. The Labute approximate surface area is 211 Å². The van der Waals surface area contributed by atoms with E-state index in [9.17, 15) is 8.42 Å². The molecule has 0 spiro atoms. The highest BCUT2D eigenvalue weighted by atomic mass is 79.9. The number of halogens is 1. The molecule has 0 aliphatic heterocycles. The average molecular weight is 541 g/mol. The summed E-state index contributed by atoms with van der Waals surface area (Å²) in [6.07, 6.45) is 1.67. The van der Waals surface area contributed by atoms with Gasteiger partial charge in [0, 0.05) is 32.7 Å². The zero-order valence-corrected chi connectivity index (χ0v) is 22.3. The summed E-state index contributed by atoms with van der Waals surface area (Å²) in [5.41, 5.74) is 1.56. The van der Waals surface area contributed by atoms with Crippen molar-refractivity contribution >= 4 is 56.5 Å². The molecule has 34 heavy (non-hydrogen) atoms. The number of nitrogens with zero attached hydrogens (tertiary/aromatic N) is 6. The molecule has 0 fully saturated rings. The Morgan fingerprint density at radius 3 is 1.76 bits per heavy atom. The van der Waals surface area contributed by atoms with E-state index in [0.717, 1.165) is 4.47 Å². The number of rotatable bonds is 10. The molecule has 0 aliphatic rings. The highest BCUT2D eigenvalue weighted by Gasteiger charge is 2.27. The number of aliphatic imine (C=N–C) groups is 4. The van der Waals surface area contributed by atoms with E-state index in [1.165, 1.54) is 26.2 Å². The monoisotopic (exact) mass is 540 g/mol. The molecule has 0 saturated heterocycles. The van der Waals surface area contributed by atoms with Crippen molar-refractivity contribution in [3.63, 3.8) is 0 Å². The van der Waals surface area contributed by atoms with Crippen LogP contribution in [0.25, 0.3) is 0 Å². The van der Waals surface area contributed by atoms with Crippen molar-refractivity contribution in [2.24, 2.45) is 30.2 Å². The lowest BCUT2D eigenvalue weighted by atomic mass is 9.89. The van der Waals surface area contributed by atoms with Crippen LogP contribution in [-0.2, 0) is 9.84 Å². The molecular formula is C23H26BBrN6O2S. The van der Waals surface area contributed by atoms with Crippen molar-refractivity contribution in [2.45, 2.75) is 11.8 Å². The molecule has 11 heteroatoms. The molecule has 0 atom stereocenters. The maximum Gasteiger partial charge on any atom is 0.208 e. The lowest BCUT2D eigenvalue weighted by molar-refractivity contribution is 0.603. The Morgan fingerprint density at radius 1 is 0.853 bits per heavy atom. The van der Waals surface area contributed by atoms with Crippen LogP contribution in [0.3, 0.4) is 0 Å². The number of benzene rings is 1. The first kappa shape index (κ1) is 29.0. The van der Waals surface area contributed by atoms with Crippen LogP contribution < -0.4 is 0 Å². The molecule has 0 saturated carbocycles. The fourth-order valence-corrected chi connectivity index (χ4v) is 4.25. The van der Waals surface area contributed by atoms with Crippen LogP contribution in [0.1, 0.15) is 6.92 Å². The van der Waals surface area contributed by atoms with E-state index in [2.05, 4.69) is 65.9 Å². The van der Waals surface area contributed by atoms with Crippen molar-refractivity contribution in [3.8, 4) is 0 Å². The fraction of sp³-hybridized carbons (Fsp3) is 0.217. The van der Waals surface area contributed by atoms with Gasteiger partial charge in [0.15, 0.2) is 0 Å². The highest BCUT2D eigenvalue weighted by molar-refractivity contribution is 9.10. The maximum atomic E-state index is 13.1. The van der Waals surface area contributed by atoms with Crippen molar-refractivity contribution in [1.29, 1.82) is 0 Å². The Bertz CT molecular complexity index is 1270. The smallest absolute Gasteiger partial charge is 0.208 e. The van der Waals surface area contributed by atoms with Gasteiger partial charge in [-0.2, -0.15) is 0 Å². The zero-order chi connectivity index (χ0) is 26.1. The molecule has 2 radical (unpaired) electrons. The van der Waals surface area contributed by atoms with Gasteiger partial charge < -0.3 is 0 Å². The third-order valence-electron chi connectivity index (χ3n) is 4.43. The third-order valence-corrected chi connectivity index (χ3v) is 6.69. The quantitative estimate of drug-likeness (QED) is 0.246. The van der Waals surface area contributed by atoms with Gasteiger partial charge in [0.1, 0.15) is 36.4 Å². The van der Waals surface area contributed by atoms with Crippen molar-refractivity contribution in [1.82, 2.24) is 0 Å². The summed E-state index contributed by atoms with van der Waals surface area (Å²) in [4.78, 5) is 16.4. The molecule has 8 nitrogen and oxygen atoms in total. The van der Waals surface area contributed by atoms with Gasteiger partial charge in [0.05, 0.1) is 15.5 Å². The summed E-state index contributed by atoms with van der Waals surface area (Å²) >= 11 is 3.29. The lowest BCUT2D eigenvalue weighted by Crippen LogP contribution is -2.23. The van der Waals surface area contributed by atoms with E-state index in [1.54, 1.807) is 39.2 Å². The van der Waals surface area contributed by atoms with Gasteiger partial charge in [0.25, 0.3) is 0 Å². The second-order valence-corrected chi connectivity index (χ2v) is 9.40. The van der Waals surface area contributed by atoms with Gasteiger partial charge in [-0.05, 0) is 31.2 Å². The van der Waals surface area contributed by atoms with Gasteiger partial charge >= 0.3 is 0 Å². The second-order valence-electron chi connectivity index (χ2n) is 6.52. The topological polar surface area (TPSA) is 108 Å². The molecule has 1 aromatic rings. The Morgan fingerprint density at radius 2 is 1.35 bits per heavy atom. The third kappa shape index (κ3) is 6.74.